The molecule has 5 heteroatoms. The molecule has 0 unspecified atom stereocenters. The number of halogens is 1. The Bertz CT molecular complexity index is 450. The van der Waals surface area contributed by atoms with E-state index >= 15 is 0 Å². The zero-order chi connectivity index (χ0) is 13.6. The van der Waals surface area contributed by atoms with E-state index in [9.17, 15) is 9.90 Å². The van der Waals surface area contributed by atoms with Crippen molar-refractivity contribution in [3.63, 3.8) is 0 Å². The van der Waals surface area contributed by atoms with Crippen molar-refractivity contribution < 1.29 is 9.90 Å². The van der Waals surface area contributed by atoms with Gasteiger partial charge in [-0.15, -0.1) is 0 Å². The summed E-state index contributed by atoms with van der Waals surface area (Å²) >= 11 is 6.28. The average molecular weight is 259 g/mol. The van der Waals surface area contributed by atoms with Crippen molar-refractivity contribution in [3.8, 4) is 0 Å². The number of hydrogen-bond acceptors (Lipinski definition) is 2. The molecule has 17 heavy (non-hydrogen) atoms. The molecule has 0 radical (unpaired) electrons. The van der Waals surface area contributed by atoms with Crippen LogP contribution in [-0.2, 0) is 11.0 Å². The maximum atomic E-state index is 11.2. The largest absolute Gasteiger partial charge is 0.476 e. The monoisotopic (exact) mass is 258 g/mol. The minimum atomic E-state index is -1.04. The molecule has 0 saturated heterocycles. The molecule has 1 N–H and O–H groups in total. The molecule has 0 saturated carbocycles. The number of carboxylic acids is 1. The van der Waals surface area contributed by atoms with E-state index in [0.29, 0.717) is 10.7 Å². The van der Waals surface area contributed by atoms with Crippen molar-refractivity contribution >= 4 is 17.6 Å². The van der Waals surface area contributed by atoms with Crippen LogP contribution in [0.1, 0.15) is 57.6 Å². The van der Waals surface area contributed by atoms with Gasteiger partial charge in [-0.05, 0) is 26.2 Å². The number of hydrogen-bond donors (Lipinski definition) is 1. The molecule has 0 atom stereocenters. The smallest absolute Gasteiger partial charge is 0.356 e. The van der Waals surface area contributed by atoms with Crippen molar-refractivity contribution in [1.82, 2.24) is 9.78 Å². The van der Waals surface area contributed by atoms with Crippen LogP contribution < -0.4 is 0 Å². The molecule has 1 aromatic heterocycles. The zero-order valence-electron chi connectivity index (χ0n) is 11.1. The van der Waals surface area contributed by atoms with Crippen LogP contribution in [-0.4, -0.2) is 20.9 Å². The van der Waals surface area contributed by atoms with E-state index in [-0.39, 0.29) is 16.6 Å². The molecule has 0 aromatic carbocycles. The van der Waals surface area contributed by atoms with Crippen LogP contribution in [0.3, 0.4) is 0 Å². The molecular formula is C12H19ClN2O2. The number of aromatic carboxylic acids is 1. The summed E-state index contributed by atoms with van der Waals surface area (Å²) in [6.45, 7) is 11.6. The molecule has 0 bridgehead atoms. The van der Waals surface area contributed by atoms with E-state index < -0.39 is 5.97 Å². The quantitative estimate of drug-likeness (QED) is 0.841. The number of rotatable bonds is 1. The summed E-state index contributed by atoms with van der Waals surface area (Å²) in [7, 11) is 0. The van der Waals surface area contributed by atoms with Crippen LogP contribution in [0, 0.1) is 0 Å². The van der Waals surface area contributed by atoms with E-state index in [1.165, 1.54) is 0 Å². The van der Waals surface area contributed by atoms with Crippen molar-refractivity contribution in [1.29, 1.82) is 0 Å². The van der Waals surface area contributed by atoms with Gasteiger partial charge in [-0.1, -0.05) is 32.4 Å². The number of nitrogens with zero attached hydrogens (tertiary/aromatic N) is 2. The Kier molecular flexibility index (Phi) is 3.32. The first kappa shape index (κ1) is 14.0. The second kappa shape index (κ2) is 4.02. The lowest BCUT2D eigenvalue weighted by Gasteiger charge is -2.22. The Balaban J connectivity index is 3.59. The molecule has 4 nitrogen and oxygen atoms in total. The lowest BCUT2D eigenvalue weighted by Crippen LogP contribution is -2.24. The van der Waals surface area contributed by atoms with Crippen LogP contribution in [0.25, 0.3) is 0 Å². The predicted molar refractivity (Wildman–Crippen MR) is 67.9 cm³/mol. The first-order chi connectivity index (χ1) is 7.46. The van der Waals surface area contributed by atoms with Gasteiger partial charge in [-0.3, -0.25) is 0 Å². The molecule has 1 rings (SSSR count). The minimum absolute atomic E-state index is 0.0393. The first-order valence-electron chi connectivity index (χ1n) is 5.49. The number of carbonyl (C=O) groups is 1. The van der Waals surface area contributed by atoms with Gasteiger partial charge in [0.05, 0.1) is 5.54 Å². The minimum Gasteiger partial charge on any atom is -0.476 e. The summed E-state index contributed by atoms with van der Waals surface area (Å²) in [5, 5.41) is 13.7. The molecule has 1 heterocycles. The van der Waals surface area contributed by atoms with Gasteiger partial charge in [0, 0.05) is 5.56 Å². The van der Waals surface area contributed by atoms with Gasteiger partial charge in [0.2, 0.25) is 0 Å². The topological polar surface area (TPSA) is 55.1 Å². The van der Waals surface area contributed by atoms with Crippen molar-refractivity contribution in [2.24, 2.45) is 0 Å². The van der Waals surface area contributed by atoms with Crippen molar-refractivity contribution in [2.75, 3.05) is 0 Å². The lowest BCUT2D eigenvalue weighted by atomic mass is 9.87. The standard InChI is InChI=1S/C12H19ClN2O2/c1-11(2,3)7-8(10(16)17)14-15(9(7)13)12(4,5)6/h1-6H3,(H,16,17). The van der Waals surface area contributed by atoms with E-state index in [1.54, 1.807) is 4.68 Å². The molecule has 1 aromatic rings. The van der Waals surface area contributed by atoms with Gasteiger partial charge in [-0.25, -0.2) is 9.48 Å². The highest BCUT2D eigenvalue weighted by molar-refractivity contribution is 6.31. The van der Waals surface area contributed by atoms with Gasteiger partial charge in [0.1, 0.15) is 5.15 Å². The molecule has 0 spiro atoms. The molecule has 0 fully saturated rings. The maximum Gasteiger partial charge on any atom is 0.356 e. The third-order valence-corrected chi connectivity index (χ3v) is 2.77. The van der Waals surface area contributed by atoms with E-state index in [2.05, 4.69) is 5.10 Å². The summed E-state index contributed by atoms with van der Waals surface area (Å²) in [4.78, 5) is 11.2. The second-order valence-corrected chi connectivity index (χ2v) is 6.51. The van der Waals surface area contributed by atoms with Gasteiger partial charge in [-0.2, -0.15) is 5.10 Å². The second-order valence-electron chi connectivity index (χ2n) is 6.15. The Morgan fingerprint density at radius 3 is 1.94 bits per heavy atom. The van der Waals surface area contributed by atoms with Crippen LogP contribution in [0.4, 0.5) is 0 Å². The van der Waals surface area contributed by atoms with Crippen LogP contribution in [0.5, 0.6) is 0 Å². The van der Waals surface area contributed by atoms with E-state index in [4.69, 9.17) is 11.6 Å². The molecular weight excluding hydrogens is 240 g/mol. The van der Waals surface area contributed by atoms with Gasteiger partial charge < -0.3 is 5.11 Å². The highest BCUT2D eigenvalue weighted by Gasteiger charge is 2.32. The average Bonchev–Trinajstić information content (AvgIpc) is 2.40. The Labute approximate surface area is 107 Å². The van der Waals surface area contributed by atoms with Gasteiger partial charge in [0.25, 0.3) is 0 Å². The van der Waals surface area contributed by atoms with Gasteiger partial charge >= 0.3 is 5.97 Å². The number of aromatic nitrogens is 2. The highest BCUT2D eigenvalue weighted by Crippen LogP contribution is 2.35. The molecule has 0 aliphatic carbocycles. The molecule has 0 aliphatic heterocycles. The Morgan fingerprint density at radius 2 is 1.71 bits per heavy atom. The molecule has 0 amide bonds. The van der Waals surface area contributed by atoms with E-state index in [1.807, 2.05) is 41.5 Å². The van der Waals surface area contributed by atoms with Crippen LogP contribution >= 0.6 is 11.6 Å². The highest BCUT2D eigenvalue weighted by atomic mass is 35.5. The van der Waals surface area contributed by atoms with Crippen molar-refractivity contribution in [2.45, 2.75) is 52.5 Å². The molecule has 0 aliphatic rings. The third-order valence-electron chi connectivity index (χ3n) is 2.42. The fourth-order valence-corrected chi connectivity index (χ4v) is 2.32. The van der Waals surface area contributed by atoms with E-state index in [0.717, 1.165) is 0 Å². The van der Waals surface area contributed by atoms with Crippen LogP contribution in [0.2, 0.25) is 5.15 Å². The summed E-state index contributed by atoms with van der Waals surface area (Å²) < 4.78 is 1.57. The van der Waals surface area contributed by atoms with Crippen molar-refractivity contribution in [3.05, 3.63) is 16.4 Å². The predicted octanol–water partition coefficient (Wildman–Crippen LogP) is 3.29. The summed E-state index contributed by atoms with van der Waals surface area (Å²) in [5.74, 6) is -1.04. The zero-order valence-corrected chi connectivity index (χ0v) is 11.9. The fraction of sp³-hybridized carbons (Fsp3) is 0.667. The summed E-state index contributed by atoms with van der Waals surface area (Å²) in [6.07, 6.45) is 0. The number of carboxylic acid groups (broad SMARTS) is 1. The maximum absolute atomic E-state index is 11.2. The SMILES string of the molecule is CC(C)(C)c1c(C(=O)O)nn(C(C)(C)C)c1Cl. The third kappa shape index (κ3) is 2.63. The lowest BCUT2D eigenvalue weighted by molar-refractivity contribution is 0.0686. The normalized spacial score (nSPS) is 12.9. The summed E-state index contributed by atoms with van der Waals surface area (Å²) in [6, 6.07) is 0. The molecule has 96 valence electrons. The Morgan fingerprint density at radius 1 is 1.24 bits per heavy atom. The van der Waals surface area contributed by atoms with Gasteiger partial charge in [0.15, 0.2) is 5.69 Å². The fourth-order valence-electron chi connectivity index (χ4n) is 1.66. The van der Waals surface area contributed by atoms with Crippen LogP contribution in [0.15, 0.2) is 0 Å². The first-order valence-corrected chi connectivity index (χ1v) is 5.87. The Hall–Kier alpha value is -1.03. The summed E-state index contributed by atoms with van der Waals surface area (Å²) in [5.41, 5.74) is -0.0713.